The Balaban J connectivity index is 2.26. The monoisotopic (exact) mass is 169 g/mol. The van der Waals surface area contributed by atoms with Crippen molar-refractivity contribution in [3.63, 3.8) is 0 Å². The van der Waals surface area contributed by atoms with E-state index < -0.39 is 0 Å². The number of hydrogen-bond donors (Lipinski definition) is 1. The van der Waals surface area contributed by atoms with Gasteiger partial charge in [-0.15, -0.1) is 0 Å². The van der Waals surface area contributed by atoms with Crippen molar-refractivity contribution in [1.29, 1.82) is 0 Å². The second-order valence-electron chi connectivity index (χ2n) is 4.18. The van der Waals surface area contributed by atoms with Crippen LogP contribution in [0.15, 0.2) is 0 Å². The second-order valence-corrected chi connectivity index (χ2v) is 4.18. The van der Waals surface area contributed by atoms with Crippen molar-refractivity contribution in [2.45, 2.75) is 58.4 Å². The first kappa shape index (κ1) is 10.0. The molecule has 1 N–H and O–H groups in total. The highest BCUT2D eigenvalue weighted by atomic mass is 14.9. The first-order valence-electron chi connectivity index (χ1n) is 5.58. The third-order valence-electron chi connectivity index (χ3n) is 3.02. The minimum absolute atomic E-state index is 0.812. The molecule has 72 valence electrons. The predicted molar refractivity (Wildman–Crippen MR) is 54.3 cm³/mol. The van der Waals surface area contributed by atoms with Gasteiger partial charge in [-0.05, 0) is 31.7 Å². The summed E-state index contributed by atoms with van der Waals surface area (Å²) in [6.07, 6.45) is 8.44. The van der Waals surface area contributed by atoms with Crippen molar-refractivity contribution >= 4 is 0 Å². The van der Waals surface area contributed by atoms with E-state index in [-0.39, 0.29) is 0 Å². The zero-order valence-electron chi connectivity index (χ0n) is 8.60. The van der Waals surface area contributed by atoms with Gasteiger partial charge in [-0.3, -0.25) is 0 Å². The minimum atomic E-state index is 0.812. The van der Waals surface area contributed by atoms with E-state index in [1.807, 2.05) is 0 Å². The van der Waals surface area contributed by atoms with Gasteiger partial charge < -0.3 is 5.32 Å². The minimum Gasteiger partial charge on any atom is -0.314 e. The van der Waals surface area contributed by atoms with Crippen LogP contribution in [0.1, 0.15) is 52.4 Å². The summed E-state index contributed by atoms with van der Waals surface area (Å²) in [5.74, 6) is 0.902. The van der Waals surface area contributed by atoms with Crippen LogP contribution in [-0.2, 0) is 0 Å². The lowest BCUT2D eigenvalue weighted by Gasteiger charge is -2.22. The van der Waals surface area contributed by atoms with Crippen LogP contribution in [0.3, 0.4) is 0 Å². The van der Waals surface area contributed by atoms with Crippen molar-refractivity contribution in [1.82, 2.24) is 5.32 Å². The lowest BCUT2D eigenvalue weighted by atomic mass is 9.97. The molecule has 1 saturated carbocycles. The van der Waals surface area contributed by atoms with Gasteiger partial charge >= 0.3 is 0 Å². The summed E-state index contributed by atoms with van der Waals surface area (Å²) in [6, 6.07) is 0.812. The summed E-state index contributed by atoms with van der Waals surface area (Å²) in [4.78, 5) is 0. The van der Waals surface area contributed by atoms with E-state index in [4.69, 9.17) is 0 Å². The van der Waals surface area contributed by atoms with Gasteiger partial charge in [-0.2, -0.15) is 0 Å². The van der Waals surface area contributed by atoms with Crippen LogP contribution in [0.2, 0.25) is 0 Å². The van der Waals surface area contributed by atoms with Gasteiger partial charge in [0.2, 0.25) is 0 Å². The first-order valence-corrected chi connectivity index (χ1v) is 5.58. The Morgan fingerprint density at radius 2 is 1.92 bits per heavy atom. The highest BCUT2D eigenvalue weighted by Crippen LogP contribution is 2.22. The summed E-state index contributed by atoms with van der Waals surface area (Å²) in [5, 5.41) is 3.66. The molecule has 1 fully saturated rings. The van der Waals surface area contributed by atoms with E-state index in [2.05, 4.69) is 19.2 Å². The molecule has 0 aromatic heterocycles. The van der Waals surface area contributed by atoms with Gasteiger partial charge in [0.1, 0.15) is 0 Å². The van der Waals surface area contributed by atoms with Crippen molar-refractivity contribution in [3.05, 3.63) is 0 Å². The molecule has 2 atom stereocenters. The smallest absolute Gasteiger partial charge is 0.00926 e. The van der Waals surface area contributed by atoms with E-state index in [0.29, 0.717) is 0 Å². The van der Waals surface area contributed by atoms with Crippen molar-refractivity contribution < 1.29 is 0 Å². The molecule has 2 unspecified atom stereocenters. The molecule has 0 aromatic rings. The summed E-state index contributed by atoms with van der Waals surface area (Å²) in [7, 11) is 0. The molecule has 1 heteroatoms. The Kier molecular flexibility index (Phi) is 4.67. The fourth-order valence-corrected chi connectivity index (χ4v) is 2.13. The molecule has 0 spiro atoms. The number of rotatable bonds is 3. The molecule has 0 radical (unpaired) electrons. The lowest BCUT2D eigenvalue weighted by molar-refractivity contribution is 0.358. The molecule has 0 heterocycles. The van der Waals surface area contributed by atoms with Gasteiger partial charge in [0, 0.05) is 6.04 Å². The normalized spacial score (nSPS) is 31.5. The fraction of sp³-hybridized carbons (Fsp3) is 1.00. The van der Waals surface area contributed by atoms with Crippen LogP contribution >= 0.6 is 0 Å². The topological polar surface area (TPSA) is 12.0 Å². The van der Waals surface area contributed by atoms with Crippen LogP contribution in [0, 0.1) is 5.92 Å². The van der Waals surface area contributed by atoms with Crippen LogP contribution in [-0.4, -0.2) is 12.6 Å². The molecule has 0 bridgehead atoms. The average Bonchev–Trinajstić information content (AvgIpc) is 2.27. The van der Waals surface area contributed by atoms with Gasteiger partial charge in [-0.25, -0.2) is 0 Å². The van der Waals surface area contributed by atoms with Gasteiger partial charge in [-0.1, -0.05) is 33.1 Å². The number of nitrogens with one attached hydrogen (secondary N) is 1. The number of hydrogen-bond acceptors (Lipinski definition) is 1. The molecule has 12 heavy (non-hydrogen) atoms. The SMILES string of the molecule is CCCNC1CCCCCC1C. The molecule has 1 rings (SSSR count). The van der Waals surface area contributed by atoms with Crippen LogP contribution in [0.4, 0.5) is 0 Å². The summed E-state index contributed by atoms with van der Waals surface area (Å²) in [5.41, 5.74) is 0. The highest BCUT2D eigenvalue weighted by molar-refractivity contribution is 4.76. The third kappa shape index (κ3) is 3.14. The maximum absolute atomic E-state index is 3.66. The van der Waals surface area contributed by atoms with Crippen molar-refractivity contribution in [2.75, 3.05) is 6.54 Å². The standard InChI is InChI=1S/C11H23N/c1-3-9-12-11-8-6-4-5-7-10(11)2/h10-12H,3-9H2,1-2H3. The molecule has 1 aliphatic rings. The third-order valence-corrected chi connectivity index (χ3v) is 3.02. The zero-order valence-corrected chi connectivity index (χ0v) is 8.60. The van der Waals surface area contributed by atoms with E-state index in [9.17, 15) is 0 Å². The molecule has 0 saturated heterocycles. The summed E-state index contributed by atoms with van der Waals surface area (Å²) >= 11 is 0. The van der Waals surface area contributed by atoms with E-state index in [1.54, 1.807) is 0 Å². The first-order chi connectivity index (χ1) is 5.84. The van der Waals surface area contributed by atoms with Gasteiger partial charge in [0.05, 0.1) is 0 Å². The Labute approximate surface area is 76.9 Å². The summed E-state index contributed by atoms with van der Waals surface area (Å²) < 4.78 is 0. The summed E-state index contributed by atoms with van der Waals surface area (Å²) in [6.45, 7) is 5.85. The molecule has 1 aliphatic carbocycles. The molecular weight excluding hydrogens is 146 g/mol. The van der Waals surface area contributed by atoms with Crippen molar-refractivity contribution in [3.8, 4) is 0 Å². The van der Waals surface area contributed by atoms with E-state index >= 15 is 0 Å². The largest absolute Gasteiger partial charge is 0.314 e. The molecule has 0 aromatic carbocycles. The predicted octanol–water partition coefficient (Wildman–Crippen LogP) is 2.95. The Hall–Kier alpha value is -0.0400. The van der Waals surface area contributed by atoms with E-state index in [0.717, 1.165) is 12.0 Å². The average molecular weight is 169 g/mol. The maximum atomic E-state index is 3.66. The fourth-order valence-electron chi connectivity index (χ4n) is 2.13. The van der Waals surface area contributed by atoms with E-state index in [1.165, 1.54) is 45.1 Å². The molecule has 0 amide bonds. The lowest BCUT2D eigenvalue weighted by Crippen LogP contribution is -2.34. The second kappa shape index (κ2) is 5.58. The van der Waals surface area contributed by atoms with Crippen LogP contribution in [0.25, 0.3) is 0 Å². The van der Waals surface area contributed by atoms with Crippen LogP contribution in [0.5, 0.6) is 0 Å². The van der Waals surface area contributed by atoms with Gasteiger partial charge in [0.15, 0.2) is 0 Å². The Bertz CT molecular complexity index is 112. The Morgan fingerprint density at radius 3 is 2.67 bits per heavy atom. The quantitative estimate of drug-likeness (QED) is 0.640. The zero-order chi connectivity index (χ0) is 8.81. The molecule has 1 nitrogen and oxygen atoms in total. The molecule has 0 aliphatic heterocycles. The molecular formula is C11H23N. The maximum Gasteiger partial charge on any atom is 0.00926 e. The van der Waals surface area contributed by atoms with Crippen LogP contribution < -0.4 is 5.32 Å². The highest BCUT2D eigenvalue weighted by Gasteiger charge is 2.18. The Morgan fingerprint density at radius 1 is 1.17 bits per heavy atom. The van der Waals surface area contributed by atoms with Crippen molar-refractivity contribution in [2.24, 2.45) is 5.92 Å². The van der Waals surface area contributed by atoms with Gasteiger partial charge in [0.25, 0.3) is 0 Å².